The predicted octanol–water partition coefficient (Wildman–Crippen LogP) is 0.751. The van der Waals surface area contributed by atoms with Gasteiger partial charge in [-0.3, -0.25) is 4.79 Å². The van der Waals surface area contributed by atoms with Gasteiger partial charge in [0.1, 0.15) is 5.82 Å². The average Bonchev–Trinajstić information content (AvgIpc) is 2.71. The molecule has 5 N–H and O–H groups in total. The molecule has 0 saturated carbocycles. The Balaban J connectivity index is 1.84. The molecule has 0 bridgehead atoms. The number of amides is 1. The number of benzene rings is 1. The molecule has 10 nitrogen and oxygen atoms in total. The molecule has 1 aromatic carbocycles. The van der Waals surface area contributed by atoms with E-state index in [0.717, 1.165) is 43.6 Å². The lowest BCUT2D eigenvalue weighted by molar-refractivity contribution is 0.100. The van der Waals surface area contributed by atoms with Crippen molar-refractivity contribution in [2.75, 3.05) is 38.8 Å². The first kappa shape index (κ1) is 22.1. The van der Waals surface area contributed by atoms with Gasteiger partial charge in [-0.2, -0.15) is 8.42 Å². The zero-order valence-electron chi connectivity index (χ0n) is 17.1. The number of methoxy groups -OCH3 is 2. The number of carbonyl (C=O) groups is 1. The summed E-state index contributed by atoms with van der Waals surface area (Å²) in [5.74, 6) is 1.62. The quantitative estimate of drug-likeness (QED) is 0.551. The number of anilines is 1. The normalized spacial score (nSPS) is 15.4. The van der Waals surface area contributed by atoms with E-state index in [4.69, 9.17) is 20.3 Å². The van der Waals surface area contributed by atoms with Crippen LogP contribution in [0.5, 0.6) is 11.5 Å². The van der Waals surface area contributed by atoms with Crippen molar-refractivity contribution in [3.05, 3.63) is 23.9 Å². The van der Waals surface area contributed by atoms with E-state index in [1.54, 1.807) is 13.2 Å². The smallest absolute Gasteiger partial charge is 0.274 e. The lowest BCUT2D eigenvalue weighted by Crippen LogP contribution is -2.37. The number of hydrogen-bond donors (Lipinski definition) is 3. The summed E-state index contributed by atoms with van der Waals surface area (Å²) in [7, 11) is -0.572. The van der Waals surface area contributed by atoms with Crippen LogP contribution in [0.4, 0.5) is 5.82 Å². The first-order valence-electron chi connectivity index (χ1n) is 9.60. The van der Waals surface area contributed by atoms with Crippen LogP contribution in [-0.4, -0.2) is 53.2 Å². The molecule has 164 valence electrons. The molecule has 11 heteroatoms. The first-order valence-corrected chi connectivity index (χ1v) is 11.1. The van der Waals surface area contributed by atoms with E-state index < -0.39 is 16.1 Å². The molecule has 2 aromatic rings. The van der Waals surface area contributed by atoms with E-state index in [1.165, 1.54) is 13.3 Å². The molecule has 0 unspecified atom stereocenters. The molecule has 0 spiro atoms. The maximum Gasteiger partial charge on any atom is 0.274 e. The SMILES string of the molecule is COc1cc2c(C(N)=O)cnc(N3CCC(CCNS(N)(=O)=O)CC3)c2cc1OC. The van der Waals surface area contributed by atoms with Crippen LogP contribution in [0.2, 0.25) is 0 Å². The van der Waals surface area contributed by atoms with Crippen LogP contribution < -0.4 is 30.0 Å². The lowest BCUT2D eigenvalue weighted by atomic mass is 9.93. The number of nitrogens with two attached hydrogens (primary N) is 2. The number of fused-ring (bicyclic) bond motifs is 1. The van der Waals surface area contributed by atoms with Gasteiger partial charge in [-0.15, -0.1) is 0 Å². The highest BCUT2D eigenvalue weighted by Gasteiger charge is 2.24. The van der Waals surface area contributed by atoms with Crippen molar-refractivity contribution in [1.82, 2.24) is 9.71 Å². The maximum atomic E-state index is 11.9. The third-order valence-corrected chi connectivity index (χ3v) is 6.01. The van der Waals surface area contributed by atoms with Gasteiger partial charge in [-0.1, -0.05) is 0 Å². The zero-order valence-corrected chi connectivity index (χ0v) is 17.9. The summed E-state index contributed by atoms with van der Waals surface area (Å²) in [6.45, 7) is 1.84. The van der Waals surface area contributed by atoms with Crippen molar-refractivity contribution in [1.29, 1.82) is 0 Å². The highest BCUT2D eigenvalue weighted by molar-refractivity contribution is 7.87. The van der Waals surface area contributed by atoms with Crippen LogP contribution >= 0.6 is 0 Å². The molecule has 2 heterocycles. The van der Waals surface area contributed by atoms with Gasteiger partial charge in [-0.25, -0.2) is 14.8 Å². The van der Waals surface area contributed by atoms with E-state index in [1.807, 2.05) is 6.07 Å². The number of primary amides is 1. The van der Waals surface area contributed by atoms with Crippen LogP contribution in [0.25, 0.3) is 10.8 Å². The molecule has 0 aliphatic carbocycles. The van der Waals surface area contributed by atoms with Gasteiger partial charge < -0.3 is 20.1 Å². The van der Waals surface area contributed by atoms with Crippen molar-refractivity contribution in [2.45, 2.75) is 19.3 Å². The highest BCUT2D eigenvalue weighted by Crippen LogP contribution is 2.38. The molecule has 30 heavy (non-hydrogen) atoms. The fourth-order valence-electron chi connectivity index (χ4n) is 3.84. The predicted molar refractivity (Wildman–Crippen MR) is 114 cm³/mol. The Labute approximate surface area is 175 Å². The van der Waals surface area contributed by atoms with E-state index in [2.05, 4.69) is 14.6 Å². The summed E-state index contributed by atoms with van der Waals surface area (Å²) in [6.07, 6.45) is 4.00. The Morgan fingerprint density at radius 3 is 2.33 bits per heavy atom. The summed E-state index contributed by atoms with van der Waals surface area (Å²) in [4.78, 5) is 18.6. The molecule has 1 fully saturated rings. The fourth-order valence-corrected chi connectivity index (χ4v) is 4.24. The third-order valence-electron chi connectivity index (χ3n) is 5.41. The van der Waals surface area contributed by atoms with E-state index >= 15 is 0 Å². The number of nitrogens with zero attached hydrogens (tertiary/aromatic N) is 2. The minimum Gasteiger partial charge on any atom is -0.493 e. The molecule has 0 atom stereocenters. The average molecular weight is 438 g/mol. The molecular weight excluding hydrogens is 410 g/mol. The van der Waals surface area contributed by atoms with Gasteiger partial charge in [-0.05, 0) is 37.3 Å². The van der Waals surface area contributed by atoms with Crippen molar-refractivity contribution >= 4 is 32.7 Å². The van der Waals surface area contributed by atoms with Gasteiger partial charge in [0.05, 0.1) is 19.8 Å². The lowest BCUT2D eigenvalue weighted by Gasteiger charge is -2.33. The molecule has 1 saturated heterocycles. The van der Waals surface area contributed by atoms with Gasteiger partial charge in [0.25, 0.3) is 16.1 Å². The second-order valence-corrected chi connectivity index (χ2v) is 8.65. The Kier molecular flexibility index (Phi) is 6.64. The van der Waals surface area contributed by atoms with Gasteiger partial charge in [0.2, 0.25) is 0 Å². The molecule has 0 radical (unpaired) electrons. The van der Waals surface area contributed by atoms with Crippen LogP contribution in [-0.2, 0) is 10.2 Å². The third kappa shape index (κ3) is 4.91. The Morgan fingerprint density at radius 1 is 1.20 bits per heavy atom. The molecule has 1 aliphatic rings. The molecule has 1 amide bonds. The van der Waals surface area contributed by atoms with Gasteiger partial charge in [0.15, 0.2) is 11.5 Å². The summed E-state index contributed by atoms with van der Waals surface area (Å²) in [6, 6.07) is 3.55. The van der Waals surface area contributed by atoms with Gasteiger partial charge >= 0.3 is 0 Å². The van der Waals surface area contributed by atoms with Crippen LogP contribution in [0.15, 0.2) is 18.3 Å². The number of ether oxygens (including phenoxy) is 2. The van der Waals surface area contributed by atoms with E-state index in [0.29, 0.717) is 34.9 Å². The summed E-state index contributed by atoms with van der Waals surface area (Å²) in [5.41, 5.74) is 5.86. The largest absolute Gasteiger partial charge is 0.493 e. The molecule has 3 rings (SSSR count). The van der Waals surface area contributed by atoms with Crippen LogP contribution in [0, 0.1) is 5.92 Å². The number of pyridine rings is 1. The molecule has 1 aromatic heterocycles. The summed E-state index contributed by atoms with van der Waals surface area (Å²) in [5, 5.41) is 6.39. The summed E-state index contributed by atoms with van der Waals surface area (Å²) < 4.78 is 35.1. The number of nitrogens with one attached hydrogen (secondary N) is 1. The minimum absolute atomic E-state index is 0.318. The number of aromatic nitrogens is 1. The Bertz CT molecular complexity index is 1040. The van der Waals surface area contributed by atoms with Gasteiger partial charge in [0, 0.05) is 36.6 Å². The van der Waals surface area contributed by atoms with Crippen molar-refractivity contribution in [3.8, 4) is 11.5 Å². The standard InChI is InChI=1S/C19H27N5O5S/c1-28-16-9-13-14(10-17(16)29-2)19(22-11-15(13)18(20)25)24-7-4-12(5-8-24)3-6-23-30(21,26)27/h9-12,23H,3-8H2,1-2H3,(H2,20,25)(H2,21,26,27). The van der Waals surface area contributed by atoms with Crippen molar-refractivity contribution in [3.63, 3.8) is 0 Å². The zero-order chi connectivity index (χ0) is 21.9. The first-order chi connectivity index (χ1) is 14.2. The van der Waals surface area contributed by atoms with Crippen LogP contribution in [0.1, 0.15) is 29.6 Å². The molecule has 1 aliphatic heterocycles. The number of carbonyl (C=O) groups excluding carboxylic acids is 1. The maximum absolute atomic E-state index is 11.9. The Morgan fingerprint density at radius 2 is 1.80 bits per heavy atom. The summed E-state index contributed by atoms with van der Waals surface area (Å²) >= 11 is 0. The number of rotatable bonds is 8. The second-order valence-electron chi connectivity index (χ2n) is 7.27. The minimum atomic E-state index is -3.66. The monoisotopic (exact) mass is 437 g/mol. The van der Waals surface area contributed by atoms with Crippen molar-refractivity contribution in [2.24, 2.45) is 16.8 Å². The topological polar surface area (TPSA) is 150 Å². The van der Waals surface area contributed by atoms with Crippen molar-refractivity contribution < 1.29 is 22.7 Å². The fraction of sp³-hybridized carbons (Fsp3) is 0.474. The number of piperidine rings is 1. The Hall–Kier alpha value is -2.63. The van der Waals surface area contributed by atoms with E-state index in [9.17, 15) is 13.2 Å². The molecular formula is C19H27N5O5S. The van der Waals surface area contributed by atoms with E-state index in [-0.39, 0.29) is 0 Å². The van der Waals surface area contributed by atoms with Crippen LogP contribution in [0.3, 0.4) is 0 Å². The number of hydrogen-bond acceptors (Lipinski definition) is 7. The second kappa shape index (κ2) is 9.02. The highest BCUT2D eigenvalue weighted by atomic mass is 32.2.